The highest BCUT2D eigenvalue weighted by molar-refractivity contribution is 5.94. The van der Waals surface area contributed by atoms with Crippen molar-refractivity contribution in [3.63, 3.8) is 0 Å². The minimum atomic E-state index is 0.00624. The molecular formula is C23H30N4O4. The van der Waals surface area contributed by atoms with E-state index in [1.54, 1.807) is 21.9 Å². The van der Waals surface area contributed by atoms with Gasteiger partial charge in [0, 0.05) is 50.1 Å². The highest BCUT2D eigenvalue weighted by atomic mass is 16.5. The lowest BCUT2D eigenvalue weighted by Crippen LogP contribution is -2.40. The van der Waals surface area contributed by atoms with E-state index in [4.69, 9.17) is 9.26 Å². The van der Waals surface area contributed by atoms with Gasteiger partial charge >= 0.3 is 0 Å². The summed E-state index contributed by atoms with van der Waals surface area (Å²) in [4.78, 5) is 33.2. The number of hydrogen-bond donors (Lipinski definition) is 0. The Morgan fingerprint density at radius 3 is 2.52 bits per heavy atom. The molecule has 1 aromatic heterocycles. The van der Waals surface area contributed by atoms with Crippen LogP contribution in [0, 0.1) is 5.92 Å². The van der Waals surface area contributed by atoms with Crippen LogP contribution in [0.5, 0.6) is 0 Å². The molecule has 1 aliphatic carbocycles. The van der Waals surface area contributed by atoms with Crippen LogP contribution < -0.4 is 0 Å². The average molecular weight is 427 g/mol. The number of hydrogen-bond acceptors (Lipinski definition) is 6. The van der Waals surface area contributed by atoms with E-state index in [-0.39, 0.29) is 17.7 Å². The van der Waals surface area contributed by atoms with Gasteiger partial charge in [-0.1, -0.05) is 24.4 Å². The lowest BCUT2D eigenvalue weighted by molar-refractivity contribution is -0.135. The molecule has 2 fully saturated rings. The first-order valence-corrected chi connectivity index (χ1v) is 11.2. The largest absolute Gasteiger partial charge is 0.378 e. The van der Waals surface area contributed by atoms with Crippen molar-refractivity contribution >= 4 is 11.8 Å². The third-order valence-corrected chi connectivity index (χ3v) is 6.15. The van der Waals surface area contributed by atoms with Crippen LogP contribution >= 0.6 is 0 Å². The van der Waals surface area contributed by atoms with Gasteiger partial charge in [0.1, 0.15) is 0 Å². The molecule has 2 aromatic rings. The molecule has 0 N–H and O–H groups in total. The Labute approximate surface area is 182 Å². The Hall–Kier alpha value is -2.74. The minimum absolute atomic E-state index is 0.00624. The molecule has 0 atom stereocenters. The Morgan fingerprint density at radius 2 is 1.81 bits per heavy atom. The monoisotopic (exact) mass is 426 g/mol. The third-order valence-electron chi connectivity index (χ3n) is 6.15. The van der Waals surface area contributed by atoms with E-state index in [1.165, 1.54) is 6.42 Å². The summed E-state index contributed by atoms with van der Waals surface area (Å²) in [6, 6.07) is 7.22. The Kier molecular flexibility index (Phi) is 6.96. The molecular weight excluding hydrogens is 396 g/mol. The highest BCUT2D eigenvalue weighted by Gasteiger charge is 2.24. The number of carbonyl (C=O) groups is 2. The summed E-state index contributed by atoms with van der Waals surface area (Å²) in [5.41, 5.74) is 1.40. The number of rotatable bonds is 6. The summed E-state index contributed by atoms with van der Waals surface area (Å²) in [6.07, 6.45) is 6.08. The molecule has 0 radical (unpaired) electrons. The van der Waals surface area contributed by atoms with Gasteiger partial charge in [0.15, 0.2) is 5.82 Å². The first-order valence-electron chi connectivity index (χ1n) is 11.2. The predicted octanol–water partition coefficient (Wildman–Crippen LogP) is 2.79. The van der Waals surface area contributed by atoms with Crippen LogP contribution in [0.4, 0.5) is 0 Å². The zero-order chi connectivity index (χ0) is 21.6. The normalized spacial score (nSPS) is 17.5. The SMILES string of the molecule is CN(CCc1noc(-c2ccc(C(=O)N3CCOCC3)cc2)n1)C(=O)C1CCCCC1. The van der Waals surface area contributed by atoms with Gasteiger partial charge in [-0.05, 0) is 37.1 Å². The van der Waals surface area contributed by atoms with Crippen molar-refractivity contribution in [3.8, 4) is 11.5 Å². The molecule has 8 heteroatoms. The Balaban J connectivity index is 1.31. The van der Waals surface area contributed by atoms with Gasteiger partial charge in [-0.2, -0.15) is 4.98 Å². The third kappa shape index (κ3) is 5.31. The van der Waals surface area contributed by atoms with E-state index in [0.717, 1.165) is 31.2 Å². The number of nitrogens with zero attached hydrogens (tertiary/aromatic N) is 4. The molecule has 0 bridgehead atoms. The lowest BCUT2D eigenvalue weighted by Gasteiger charge is -2.26. The quantitative estimate of drug-likeness (QED) is 0.706. The number of ether oxygens (including phenoxy) is 1. The summed E-state index contributed by atoms with van der Waals surface area (Å²) >= 11 is 0. The molecule has 2 aliphatic rings. The maximum atomic E-state index is 12.6. The van der Waals surface area contributed by atoms with Crippen molar-refractivity contribution in [3.05, 3.63) is 35.7 Å². The zero-order valence-electron chi connectivity index (χ0n) is 18.1. The highest BCUT2D eigenvalue weighted by Crippen LogP contribution is 2.25. The molecule has 166 valence electrons. The predicted molar refractivity (Wildman–Crippen MR) is 114 cm³/mol. The number of aromatic nitrogens is 2. The number of carbonyl (C=O) groups excluding carboxylic acids is 2. The fourth-order valence-corrected chi connectivity index (χ4v) is 4.22. The number of likely N-dealkylation sites (N-methyl/N-ethyl adjacent to an activating group) is 1. The van der Waals surface area contributed by atoms with Gasteiger partial charge in [-0.15, -0.1) is 0 Å². The molecule has 1 aliphatic heterocycles. The molecule has 2 amide bonds. The Bertz CT molecular complexity index is 883. The van der Waals surface area contributed by atoms with Crippen LogP contribution in [-0.4, -0.2) is 71.7 Å². The fourth-order valence-electron chi connectivity index (χ4n) is 4.22. The van der Waals surface area contributed by atoms with Gasteiger partial charge in [-0.25, -0.2) is 0 Å². The molecule has 0 spiro atoms. The number of benzene rings is 1. The fraction of sp³-hybridized carbons (Fsp3) is 0.565. The molecule has 8 nitrogen and oxygen atoms in total. The van der Waals surface area contributed by atoms with E-state index in [1.807, 2.05) is 19.2 Å². The average Bonchev–Trinajstić information content (AvgIpc) is 3.32. The van der Waals surface area contributed by atoms with Gasteiger partial charge in [0.05, 0.1) is 13.2 Å². The summed E-state index contributed by atoms with van der Waals surface area (Å²) in [5, 5.41) is 4.05. The van der Waals surface area contributed by atoms with Crippen LogP contribution in [0.15, 0.2) is 28.8 Å². The van der Waals surface area contributed by atoms with E-state index in [0.29, 0.717) is 56.5 Å². The summed E-state index contributed by atoms with van der Waals surface area (Å²) in [5.74, 6) is 1.39. The molecule has 31 heavy (non-hydrogen) atoms. The van der Waals surface area contributed by atoms with E-state index >= 15 is 0 Å². The van der Waals surface area contributed by atoms with Crippen molar-refractivity contribution in [1.29, 1.82) is 0 Å². The van der Waals surface area contributed by atoms with Crippen molar-refractivity contribution in [2.24, 2.45) is 5.92 Å². The molecule has 2 heterocycles. The van der Waals surface area contributed by atoms with Gasteiger partial charge in [0.25, 0.3) is 11.8 Å². The second kappa shape index (κ2) is 10.0. The van der Waals surface area contributed by atoms with Gasteiger partial charge < -0.3 is 19.1 Å². The van der Waals surface area contributed by atoms with Crippen LogP contribution in [0.25, 0.3) is 11.5 Å². The molecule has 4 rings (SSSR count). The topological polar surface area (TPSA) is 88.8 Å². The second-order valence-electron chi connectivity index (χ2n) is 8.34. The summed E-state index contributed by atoms with van der Waals surface area (Å²) in [7, 11) is 1.85. The maximum absolute atomic E-state index is 12.6. The lowest BCUT2D eigenvalue weighted by atomic mass is 9.88. The van der Waals surface area contributed by atoms with E-state index in [2.05, 4.69) is 10.1 Å². The van der Waals surface area contributed by atoms with Crippen molar-refractivity contribution in [2.75, 3.05) is 39.9 Å². The molecule has 1 aromatic carbocycles. The second-order valence-corrected chi connectivity index (χ2v) is 8.34. The van der Waals surface area contributed by atoms with Crippen molar-refractivity contribution in [1.82, 2.24) is 19.9 Å². The maximum Gasteiger partial charge on any atom is 0.257 e. The van der Waals surface area contributed by atoms with Crippen LogP contribution in [0.2, 0.25) is 0 Å². The first-order chi connectivity index (χ1) is 15.1. The van der Waals surface area contributed by atoms with Crippen molar-refractivity contribution in [2.45, 2.75) is 38.5 Å². The van der Waals surface area contributed by atoms with Gasteiger partial charge in [-0.3, -0.25) is 9.59 Å². The summed E-state index contributed by atoms with van der Waals surface area (Å²) < 4.78 is 10.7. The van der Waals surface area contributed by atoms with Crippen molar-refractivity contribution < 1.29 is 18.8 Å². The van der Waals surface area contributed by atoms with E-state index in [9.17, 15) is 9.59 Å². The van der Waals surface area contributed by atoms with Crippen LogP contribution in [-0.2, 0) is 16.0 Å². The first kappa shape index (κ1) is 21.5. The van der Waals surface area contributed by atoms with Crippen LogP contribution in [0.3, 0.4) is 0 Å². The molecule has 1 saturated carbocycles. The standard InChI is InChI=1S/C23H30N4O4/c1-26(22(28)18-5-3-2-4-6-18)12-11-20-24-21(31-25-20)17-7-9-19(10-8-17)23(29)27-13-15-30-16-14-27/h7-10,18H,2-6,11-16H2,1H3. The number of morpholine rings is 1. The Morgan fingerprint density at radius 1 is 1.10 bits per heavy atom. The molecule has 1 saturated heterocycles. The minimum Gasteiger partial charge on any atom is -0.378 e. The smallest absolute Gasteiger partial charge is 0.257 e. The zero-order valence-corrected chi connectivity index (χ0v) is 18.1. The van der Waals surface area contributed by atoms with E-state index < -0.39 is 0 Å². The number of amides is 2. The summed E-state index contributed by atoms with van der Waals surface area (Å²) in [6.45, 7) is 2.96. The molecule has 0 unspecified atom stereocenters. The van der Waals surface area contributed by atoms with Crippen LogP contribution in [0.1, 0.15) is 48.3 Å². The van der Waals surface area contributed by atoms with Gasteiger partial charge in [0.2, 0.25) is 5.91 Å².